The Hall–Kier alpha value is -4.71. The second-order valence-electron chi connectivity index (χ2n) is 7.63. The molecule has 0 spiro atoms. The van der Waals surface area contributed by atoms with E-state index in [1.807, 2.05) is 42.5 Å². The van der Waals surface area contributed by atoms with Crippen molar-refractivity contribution >= 4 is 34.2 Å². The molecule has 0 unspecified atom stereocenters. The van der Waals surface area contributed by atoms with Crippen LogP contribution in [0.1, 0.15) is 20.9 Å². The third kappa shape index (κ3) is 4.17. The average Bonchev–Trinajstić information content (AvgIpc) is 3.24. The molecule has 6 heteroatoms. The Labute approximate surface area is 194 Å². The highest BCUT2D eigenvalue weighted by Gasteiger charge is 2.23. The lowest BCUT2D eigenvalue weighted by molar-refractivity contribution is 0.0999. The minimum Gasteiger partial charge on any atom is -0.449 e. The van der Waals surface area contributed by atoms with Gasteiger partial charge < -0.3 is 15.1 Å². The summed E-state index contributed by atoms with van der Waals surface area (Å²) in [5.74, 6) is -1.75. The molecule has 0 aliphatic heterocycles. The van der Waals surface area contributed by atoms with E-state index in [9.17, 15) is 14.0 Å². The predicted molar refractivity (Wildman–Crippen MR) is 130 cm³/mol. The molecule has 4 aromatic carbocycles. The molecule has 0 aliphatic rings. The number of fused-ring (bicyclic) bond motifs is 1. The maximum atomic E-state index is 14.0. The van der Waals surface area contributed by atoms with Gasteiger partial charge in [-0.1, -0.05) is 66.7 Å². The van der Waals surface area contributed by atoms with Crippen LogP contribution >= 0.6 is 0 Å². The zero-order valence-corrected chi connectivity index (χ0v) is 17.9. The van der Waals surface area contributed by atoms with Crippen LogP contribution in [0, 0.1) is 5.82 Å². The molecule has 34 heavy (non-hydrogen) atoms. The van der Waals surface area contributed by atoms with Crippen LogP contribution in [0.5, 0.6) is 0 Å². The van der Waals surface area contributed by atoms with E-state index in [0.29, 0.717) is 16.5 Å². The molecule has 0 saturated carbocycles. The van der Waals surface area contributed by atoms with Gasteiger partial charge in [-0.2, -0.15) is 0 Å². The van der Waals surface area contributed by atoms with Crippen LogP contribution in [0.3, 0.4) is 0 Å². The lowest BCUT2D eigenvalue weighted by Gasteiger charge is -2.09. The largest absolute Gasteiger partial charge is 0.449 e. The fourth-order valence-corrected chi connectivity index (χ4v) is 3.70. The van der Waals surface area contributed by atoms with E-state index in [4.69, 9.17) is 4.42 Å². The normalized spacial score (nSPS) is 10.7. The van der Waals surface area contributed by atoms with E-state index in [2.05, 4.69) is 10.6 Å². The molecule has 0 atom stereocenters. The van der Waals surface area contributed by atoms with Crippen molar-refractivity contribution in [2.45, 2.75) is 0 Å². The third-order valence-corrected chi connectivity index (χ3v) is 5.42. The molecule has 1 aromatic heterocycles. The number of benzene rings is 4. The van der Waals surface area contributed by atoms with E-state index in [1.165, 1.54) is 18.2 Å². The van der Waals surface area contributed by atoms with Gasteiger partial charge in [0.25, 0.3) is 11.8 Å². The highest BCUT2D eigenvalue weighted by atomic mass is 19.1. The summed E-state index contributed by atoms with van der Waals surface area (Å²) in [5.41, 5.74) is 3.11. The molecule has 0 aliphatic carbocycles. The minimum absolute atomic E-state index is 0.0155. The topological polar surface area (TPSA) is 71.3 Å². The van der Waals surface area contributed by atoms with Crippen LogP contribution < -0.4 is 10.6 Å². The molecule has 0 bridgehead atoms. The van der Waals surface area contributed by atoms with E-state index >= 15 is 0 Å². The summed E-state index contributed by atoms with van der Waals surface area (Å²) in [6, 6.07) is 29.8. The first-order chi connectivity index (χ1) is 16.6. The summed E-state index contributed by atoms with van der Waals surface area (Å²) in [6.07, 6.45) is 0. The van der Waals surface area contributed by atoms with Gasteiger partial charge in [0.05, 0.1) is 5.69 Å². The van der Waals surface area contributed by atoms with Crippen LogP contribution in [-0.4, -0.2) is 11.8 Å². The number of carbonyl (C=O) groups is 2. The molecule has 5 nitrogen and oxygen atoms in total. The lowest BCUT2D eigenvalue weighted by atomic mass is 10.0. The molecule has 5 rings (SSSR count). The molecule has 1 heterocycles. The Morgan fingerprint density at radius 2 is 1.29 bits per heavy atom. The van der Waals surface area contributed by atoms with Crippen molar-refractivity contribution < 1.29 is 18.4 Å². The van der Waals surface area contributed by atoms with Gasteiger partial charge in [0, 0.05) is 10.9 Å². The zero-order valence-electron chi connectivity index (χ0n) is 17.9. The summed E-state index contributed by atoms with van der Waals surface area (Å²) in [4.78, 5) is 26.0. The zero-order chi connectivity index (χ0) is 23.5. The number of hydrogen-bond acceptors (Lipinski definition) is 3. The van der Waals surface area contributed by atoms with E-state index in [1.54, 1.807) is 42.5 Å². The number of para-hydroxylation sites is 2. The van der Waals surface area contributed by atoms with Crippen LogP contribution in [0.4, 0.5) is 15.8 Å². The highest BCUT2D eigenvalue weighted by Crippen LogP contribution is 2.32. The Bertz CT molecular complexity index is 1490. The summed E-state index contributed by atoms with van der Waals surface area (Å²) in [6.45, 7) is 0. The maximum Gasteiger partial charge on any atom is 0.293 e. The molecule has 5 aromatic rings. The standard InChI is InChI=1S/C28H19FN2O3/c29-22-11-5-6-12-23(22)30-28(33)26-25(21-10-4-7-13-24(21)34-26)31-27(32)20-16-14-19(15-17-20)18-8-2-1-3-9-18/h1-17H,(H,30,33)(H,31,32). The first kappa shape index (κ1) is 21.2. The lowest BCUT2D eigenvalue weighted by Crippen LogP contribution is -2.17. The van der Waals surface area contributed by atoms with Crippen molar-refractivity contribution in [3.05, 3.63) is 120 Å². The van der Waals surface area contributed by atoms with E-state index in [-0.39, 0.29) is 17.1 Å². The molecular formula is C28H19FN2O3. The summed E-state index contributed by atoms with van der Waals surface area (Å²) in [5, 5.41) is 5.88. The number of furan rings is 1. The monoisotopic (exact) mass is 450 g/mol. The number of hydrogen-bond donors (Lipinski definition) is 2. The molecular weight excluding hydrogens is 431 g/mol. The summed E-state index contributed by atoms with van der Waals surface area (Å²) in [7, 11) is 0. The van der Waals surface area contributed by atoms with E-state index < -0.39 is 17.6 Å². The number of rotatable bonds is 5. The summed E-state index contributed by atoms with van der Waals surface area (Å²) >= 11 is 0. The van der Waals surface area contributed by atoms with Gasteiger partial charge >= 0.3 is 0 Å². The molecule has 0 fully saturated rings. The smallest absolute Gasteiger partial charge is 0.293 e. The van der Waals surface area contributed by atoms with Crippen molar-refractivity contribution in [3.8, 4) is 11.1 Å². The fourth-order valence-electron chi connectivity index (χ4n) is 3.70. The van der Waals surface area contributed by atoms with Gasteiger partial charge in [-0.25, -0.2) is 4.39 Å². The predicted octanol–water partition coefficient (Wildman–Crippen LogP) is 6.74. The highest BCUT2D eigenvalue weighted by molar-refractivity contribution is 6.17. The van der Waals surface area contributed by atoms with Crippen LogP contribution in [0.15, 0.2) is 108 Å². The molecule has 0 saturated heterocycles. The van der Waals surface area contributed by atoms with Gasteiger partial charge in [-0.05, 0) is 47.5 Å². The first-order valence-corrected chi connectivity index (χ1v) is 10.6. The van der Waals surface area contributed by atoms with Gasteiger partial charge in [-0.3, -0.25) is 9.59 Å². The number of nitrogens with one attached hydrogen (secondary N) is 2. The van der Waals surface area contributed by atoms with Crippen molar-refractivity contribution in [2.24, 2.45) is 0 Å². The number of amides is 2. The van der Waals surface area contributed by atoms with Crippen LogP contribution in [0.2, 0.25) is 0 Å². The number of carbonyl (C=O) groups excluding carboxylic acids is 2. The van der Waals surface area contributed by atoms with Crippen molar-refractivity contribution in [1.29, 1.82) is 0 Å². The van der Waals surface area contributed by atoms with Gasteiger partial charge in [0.2, 0.25) is 5.76 Å². The quantitative estimate of drug-likeness (QED) is 0.311. The van der Waals surface area contributed by atoms with Crippen molar-refractivity contribution in [3.63, 3.8) is 0 Å². The van der Waals surface area contributed by atoms with Gasteiger partial charge in [0.15, 0.2) is 0 Å². The second kappa shape index (κ2) is 9.03. The molecule has 2 amide bonds. The minimum atomic E-state index is -0.670. The average molecular weight is 450 g/mol. The second-order valence-corrected chi connectivity index (χ2v) is 7.63. The van der Waals surface area contributed by atoms with Crippen LogP contribution in [0.25, 0.3) is 22.1 Å². The van der Waals surface area contributed by atoms with E-state index in [0.717, 1.165) is 11.1 Å². The SMILES string of the molecule is O=C(Nc1c(C(=O)Nc2ccccc2F)oc2ccccc12)c1ccc(-c2ccccc2)cc1. The Balaban J connectivity index is 1.44. The first-order valence-electron chi connectivity index (χ1n) is 10.6. The maximum absolute atomic E-state index is 14.0. The van der Waals surface area contributed by atoms with Gasteiger partial charge in [0.1, 0.15) is 17.1 Å². The Morgan fingerprint density at radius 1 is 0.647 bits per heavy atom. The Morgan fingerprint density at radius 3 is 2.06 bits per heavy atom. The third-order valence-electron chi connectivity index (χ3n) is 5.42. The van der Waals surface area contributed by atoms with Crippen LogP contribution in [-0.2, 0) is 0 Å². The molecule has 0 radical (unpaired) electrons. The number of anilines is 2. The molecule has 166 valence electrons. The molecule has 2 N–H and O–H groups in total. The van der Waals surface area contributed by atoms with Crippen molar-refractivity contribution in [1.82, 2.24) is 0 Å². The fraction of sp³-hybridized carbons (Fsp3) is 0. The Kier molecular flexibility index (Phi) is 5.62. The van der Waals surface area contributed by atoms with Gasteiger partial charge in [-0.15, -0.1) is 0 Å². The number of halogens is 1. The summed E-state index contributed by atoms with van der Waals surface area (Å²) < 4.78 is 19.8. The van der Waals surface area contributed by atoms with Crippen molar-refractivity contribution in [2.75, 3.05) is 10.6 Å².